The second-order valence-electron chi connectivity index (χ2n) is 5.08. The van der Waals surface area contributed by atoms with Gasteiger partial charge in [-0.15, -0.1) is 0 Å². The third-order valence-corrected chi connectivity index (χ3v) is 4.21. The summed E-state index contributed by atoms with van der Waals surface area (Å²) >= 11 is 6.20. The van der Waals surface area contributed by atoms with Gasteiger partial charge in [-0.2, -0.15) is 0 Å². The number of halogens is 1. The highest BCUT2D eigenvalue weighted by molar-refractivity contribution is 6.31. The molecule has 6 heteroatoms. The number of fused-ring (bicyclic) bond motifs is 1. The Hall–Kier alpha value is -1.46. The first-order valence-electron chi connectivity index (χ1n) is 6.45. The minimum Gasteiger partial charge on any atom is -0.398 e. The van der Waals surface area contributed by atoms with Crippen LogP contribution in [0.4, 0.5) is 10.5 Å². The molecule has 2 aliphatic heterocycles. The lowest BCUT2D eigenvalue weighted by Gasteiger charge is -2.36. The maximum absolute atomic E-state index is 11.5. The van der Waals surface area contributed by atoms with E-state index in [9.17, 15) is 4.79 Å². The van der Waals surface area contributed by atoms with E-state index in [0.29, 0.717) is 5.02 Å². The molecule has 2 aliphatic rings. The van der Waals surface area contributed by atoms with Gasteiger partial charge in [-0.1, -0.05) is 17.7 Å². The largest absolute Gasteiger partial charge is 0.398 e. The van der Waals surface area contributed by atoms with E-state index in [1.807, 2.05) is 23.1 Å². The molecule has 0 saturated carbocycles. The van der Waals surface area contributed by atoms with E-state index in [1.165, 1.54) is 0 Å². The summed E-state index contributed by atoms with van der Waals surface area (Å²) < 4.78 is 0. The van der Waals surface area contributed by atoms with E-state index < -0.39 is 0 Å². The van der Waals surface area contributed by atoms with E-state index >= 15 is 0 Å². The molecule has 1 atom stereocenters. The van der Waals surface area contributed by atoms with Crippen LogP contribution in [0.2, 0.25) is 5.02 Å². The number of carbonyl (C=O) groups excluding carboxylic acids is 1. The molecule has 0 radical (unpaired) electrons. The number of anilines is 1. The van der Waals surface area contributed by atoms with Gasteiger partial charge in [-0.25, -0.2) is 4.79 Å². The van der Waals surface area contributed by atoms with Gasteiger partial charge in [0.2, 0.25) is 0 Å². The monoisotopic (exact) mass is 280 g/mol. The lowest BCUT2D eigenvalue weighted by Crippen LogP contribution is -2.51. The molecule has 1 unspecified atom stereocenters. The van der Waals surface area contributed by atoms with E-state index in [4.69, 9.17) is 17.3 Å². The molecular formula is C13H17ClN4O. The quantitative estimate of drug-likeness (QED) is 0.799. The van der Waals surface area contributed by atoms with E-state index in [-0.39, 0.29) is 12.1 Å². The van der Waals surface area contributed by atoms with Crippen molar-refractivity contribution in [2.24, 2.45) is 0 Å². The Morgan fingerprint density at radius 1 is 1.42 bits per heavy atom. The number of nitrogens with one attached hydrogen (secondary N) is 1. The Bertz CT molecular complexity index is 487. The number of carbonyl (C=O) groups is 1. The van der Waals surface area contributed by atoms with Crippen molar-refractivity contribution in [1.82, 2.24) is 15.1 Å². The van der Waals surface area contributed by atoms with E-state index in [1.54, 1.807) is 0 Å². The summed E-state index contributed by atoms with van der Waals surface area (Å²) in [5.74, 6) is 0. The number of rotatable bonds is 2. The standard InChI is InChI=1S/C13H17ClN4O/c14-11-2-1-3-12(15)10(11)8-17-4-5-18-9(7-17)6-16-13(18)19/h1-3,9H,4-8,15H2,(H,16,19). The van der Waals surface area contributed by atoms with Gasteiger partial charge in [0, 0.05) is 49.0 Å². The number of nitrogens with zero attached hydrogens (tertiary/aromatic N) is 2. The molecule has 0 aliphatic carbocycles. The van der Waals surface area contributed by atoms with Gasteiger partial charge in [0.1, 0.15) is 0 Å². The smallest absolute Gasteiger partial charge is 0.317 e. The predicted molar refractivity (Wildman–Crippen MR) is 75.0 cm³/mol. The number of benzene rings is 1. The topological polar surface area (TPSA) is 61.6 Å². The third-order valence-electron chi connectivity index (χ3n) is 3.85. The average molecular weight is 281 g/mol. The molecule has 19 heavy (non-hydrogen) atoms. The second kappa shape index (κ2) is 4.90. The van der Waals surface area contributed by atoms with Crippen molar-refractivity contribution in [2.75, 3.05) is 31.9 Å². The zero-order chi connectivity index (χ0) is 13.4. The van der Waals surface area contributed by atoms with E-state index in [2.05, 4.69) is 10.2 Å². The third kappa shape index (κ3) is 2.35. The van der Waals surface area contributed by atoms with Crippen molar-refractivity contribution in [3.05, 3.63) is 28.8 Å². The Morgan fingerprint density at radius 3 is 3.05 bits per heavy atom. The maximum atomic E-state index is 11.5. The predicted octanol–water partition coefficient (Wildman–Crippen LogP) is 1.13. The molecule has 0 bridgehead atoms. The van der Waals surface area contributed by atoms with Crippen LogP contribution in [0.15, 0.2) is 18.2 Å². The van der Waals surface area contributed by atoms with Gasteiger partial charge in [-0.05, 0) is 12.1 Å². The number of hydrogen-bond acceptors (Lipinski definition) is 3. The minimum atomic E-state index is 0.0573. The van der Waals surface area contributed by atoms with Gasteiger partial charge in [-0.3, -0.25) is 4.90 Å². The number of nitrogens with two attached hydrogens (primary N) is 1. The lowest BCUT2D eigenvalue weighted by molar-refractivity contribution is 0.117. The van der Waals surface area contributed by atoms with Crippen molar-refractivity contribution >= 4 is 23.3 Å². The van der Waals surface area contributed by atoms with Crippen LogP contribution in [0.1, 0.15) is 5.56 Å². The highest BCUT2D eigenvalue weighted by atomic mass is 35.5. The van der Waals surface area contributed by atoms with Crippen molar-refractivity contribution in [1.29, 1.82) is 0 Å². The Morgan fingerprint density at radius 2 is 2.26 bits per heavy atom. The fourth-order valence-electron chi connectivity index (χ4n) is 2.78. The number of amides is 2. The molecular weight excluding hydrogens is 264 g/mol. The van der Waals surface area contributed by atoms with Crippen LogP contribution in [-0.2, 0) is 6.54 Å². The Balaban J connectivity index is 1.70. The van der Waals surface area contributed by atoms with Gasteiger partial charge < -0.3 is 16.0 Å². The fraction of sp³-hybridized carbons (Fsp3) is 0.462. The van der Waals surface area contributed by atoms with Gasteiger partial charge >= 0.3 is 6.03 Å². The molecule has 3 rings (SSSR count). The molecule has 2 amide bonds. The summed E-state index contributed by atoms with van der Waals surface area (Å²) in [4.78, 5) is 15.8. The lowest BCUT2D eigenvalue weighted by atomic mass is 10.1. The van der Waals surface area contributed by atoms with Gasteiger partial charge in [0.05, 0.1) is 6.04 Å². The van der Waals surface area contributed by atoms with Gasteiger partial charge in [0.25, 0.3) is 0 Å². The first-order chi connectivity index (χ1) is 9.15. The summed E-state index contributed by atoms with van der Waals surface area (Å²) in [6, 6.07) is 5.92. The normalized spacial score (nSPS) is 23.3. The molecule has 0 spiro atoms. The summed E-state index contributed by atoms with van der Waals surface area (Å²) in [5, 5.41) is 3.59. The van der Waals surface area contributed by atoms with Crippen LogP contribution in [0.3, 0.4) is 0 Å². The van der Waals surface area contributed by atoms with Crippen molar-refractivity contribution in [2.45, 2.75) is 12.6 Å². The van der Waals surface area contributed by atoms with Crippen LogP contribution in [0.5, 0.6) is 0 Å². The molecule has 1 aromatic rings. The second-order valence-corrected chi connectivity index (χ2v) is 5.48. The van der Waals surface area contributed by atoms with Crippen molar-refractivity contribution in [3.8, 4) is 0 Å². The van der Waals surface area contributed by atoms with Crippen LogP contribution >= 0.6 is 11.6 Å². The zero-order valence-corrected chi connectivity index (χ0v) is 11.4. The number of nitrogen functional groups attached to an aromatic ring is 1. The maximum Gasteiger partial charge on any atom is 0.317 e. The van der Waals surface area contributed by atoms with Crippen LogP contribution in [0.25, 0.3) is 0 Å². The van der Waals surface area contributed by atoms with Crippen molar-refractivity contribution < 1.29 is 4.79 Å². The molecule has 2 heterocycles. The molecule has 102 valence electrons. The zero-order valence-electron chi connectivity index (χ0n) is 10.6. The fourth-order valence-corrected chi connectivity index (χ4v) is 3.02. The molecule has 5 nitrogen and oxygen atoms in total. The highest BCUT2D eigenvalue weighted by Crippen LogP contribution is 2.25. The van der Waals surface area contributed by atoms with Crippen molar-refractivity contribution in [3.63, 3.8) is 0 Å². The average Bonchev–Trinajstić information content (AvgIpc) is 2.76. The Kier molecular flexibility index (Phi) is 3.24. The van der Waals surface area contributed by atoms with Crippen LogP contribution in [-0.4, -0.2) is 48.1 Å². The molecule has 3 N–H and O–H groups in total. The number of urea groups is 1. The molecule has 2 saturated heterocycles. The van der Waals surface area contributed by atoms with Crippen LogP contribution in [0, 0.1) is 0 Å². The summed E-state index contributed by atoms with van der Waals surface area (Å²) in [6.45, 7) is 3.95. The summed E-state index contributed by atoms with van der Waals surface area (Å²) in [5.41, 5.74) is 7.69. The summed E-state index contributed by atoms with van der Waals surface area (Å²) in [6.07, 6.45) is 0. The molecule has 2 fully saturated rings. The Labute approximate surface area is 117 Å². The first kappa shape index (κ1) is 12.6. The molecule has 0 aromatic heterocycles. The highest BCUT2D eigenvalue weighted by Gasteiger charge is 2.35. The summed E-state index contributed by atoms with van der Waals surface area (Å²) in [7, 11) is 0. The van der Waals surface area contributed by atoms with Crippen LogP contribution < -0.4 is 11.1 Å². The first-order valence-corrected chi connectivity index (χ1v) is 6.82. The minimum absolute atomic E-state index is 0.0573. The van der Waals surface area contributed by atoms with Gasteiger partial charge in [0.15, 0.2) is 0 Å². The number of hydrogen-bond donors (Lipinski definition) is 2. The number of piperazine rings is 1. The molecule has 1 aromatic carbocycles. The van der Waals surface area contributed by atoms with E-state index in [0.717, 1.165) is 44.0 Å². The SMILES string of the molecule is Nc1cccc(Cl)c1CN1CCN2C(=O)NCC2C1.